The normalized spacial score (nSPS) is 10.0. The molecule has 0 aliphatic heterocycles. The lowest BCUT2D eigenvalue weighted by Crippen LogP contribution is -1.99. The van der Waals surface area contributed by atoms with Crippen molar-refractivity contribution in [3.63, 3.8) is 0 Å². The van der Waals surface area contributed by atoms with E-state index in [1.807, 2.05) is 12.1 Å². The molecule has 0 aromatic heterocycles. The third-order valence-corrected chi connectivity index (χ3v) is 2.86. The molecule has 0 N–H and O–H groups in total. The van der Waals surface area contributed by atoms with E-state index in [4.69, 9.17) is 11.6 Å². The summed E-state index contributed by atoms with van der Waals surface area (Å²) in [5.74, 6) is 0.0863. The molecule has 0 saturated heterocycles. The predicted molar refractivity (Wildman–Crippen MR) is 67.5 cm³/mol. The van der Waals surface area contributed by atoms with Gasteiger partial charge < -0.3 is 0 Å². The average Bonchev–Trinajstić information content (AvgIpc) is 2.22. The summed E-state index contributed by atoms with van der Waals surface area (Å²) in [4.78, 5) is 11.8. The van der Waals surface area contributed by atoms with Gasteiger partial charge in [0.05, 0.1) is 5.02 Å². The van der Waals surface area contributed by atoms with Crippen molar-refractivity contribution in [1.82, 2.24) is 0 Å². The molecule has 0 bridgehead atoms. The molecule has 1 rings (SSSR count). The van der Waals surface area contributed by atoms with Crippen LogP contribution in [0.15, 0.2) is 35.3 Å². The maximum Gasteiger partial charge on any atom is 0.164 e. The minimum Gasteiger partial charge on any atom is -0.294 e. The van der Waals surface area contributed by atoms with Crippen molar-refractivity contribution in [3.05, 3.63) is 45.9 Å². The van der Waals surface area contributed by atoms with Crippen LogP contribution >= 0.6 is 27.5 Å². The number of halogens is 2. The second-order valence-corrected chi connectivity index (χ2v) is 4.55. The van der Waals surface area contributed by atoms with Gasteiger partial charge in [0.1, 0.15) is 0 Å². The van der Waals surface area contributed by atoms with E-state index in [0.717, 1.165) is 17.3 Å². The van der Waals surface area contributed by atoms with Gasteiger partial charge in [-0.25, -0.2) is 0 Å². The Hall–Kier alpha value is -0.600. The molecule has 1 aromatic rings. The summed E-state index contributed by atoms with van der Waals surface area (Å²) in [6, 6.07) is 5.31. The quantitative estimate of drug-likeness (QED) is 0.438. The number of carbonyl (C=O) groups is 1. The fourth-order valence-corrected chi connectivity index (χ4v) is 1.84. The van der Waals surface area contributed by atoms with Gasteiger partial charge >= 0.3 is 0 Å². The van der Waals surface area contributed by atoms with Crippen molar-refractivity contribution in [2.45, 2.75) is 19.3 Å². The molecule has 0 saturated carbocycles. The molecule has 3 heteroatoms. The van der Waals surface area contributed by atoms with Crippen LogP contribution in [0, 0.1) is 0 Å². The lowest BCUT2D eigenvalue weighted by molar-refractivity contribution is 0.0980. The fraction of sp³-hybridized carbons (Fsp3) is 0.250. The Labute approximate surface area is 103 Å². The molecule has 0 amide bonds. The number of benzene rings is 1. The highest BCUT2D eigenvalue weighted by Crippen LogP contribution is 2.22. The Morgan fingerprint density at radius 2 is 2.27 bits per heavy atom. The molecule has 0 atom stereocenters. The summed E-state index contributed by atoms with van der Waals surface area (Å²) in [7, 11) is 0. The van der Waals surface area contributed by atoms with E-state index in [1.165, 1.54) is 0 Å². The highest BCUT2D eigenvalue weighted by atomic mass is 79.9. The van der Waals surface area contributed by atoms with Crippen LogP contribution in [0.3, 0.4) is 0 Å². The minimum atomic E-state index is 0.0863. The Kier molecular flexibility index (Phi) is 5.06. The molecular formula is C12H12BrClO. The second-order valence-electron chi connectivity index (χ2n) is 3.23. The zero-order chi connectivity index (χ0) is 11.3. The lowest BCUT2D eigenvalue weighted by Gasteiger charge is -2.03. The zero-order valence-corrected chi connectivity index (χ0v) is 10.6. The van der Waals surface area contributed by atoms with Crippen molar-refractivity contribution < 1.29 is 4.79 Å². The first kappa shape index (κ1) is 12.5. The summed E-state index contributed by atoms with van der Waals surface area (Å²) in [6.45, 7) is 3.62. The van der Waals surface area contributed by atoms with Crippen LogP contribution in [0.25, 0.3) is 0 Å². The van der Waals surface area contributed by atoms with E-state index < -0.39 is 0 Å². The molecule has 0 spiro atoms. The van der Waals surface area contributed by atoms with Gasteiger partial charge in [-0.1, -0.05) is 33.6 Å². The van der Waals surface area contributed by atoms with Crippen molar-refractivity contribution in [3.8, 4) is 0 Å². The van der Waals surface area contributed by atoms with Crippen LogP contribution in [0.5, 0.6) is 0 Å². The van der Waals surface area contributed by atoms with Crippen LogP contribution in [0.1, 0.15) is 29.6 Å². The van der Waals surface area contributed by atoms with Crippen LogP contribution in [-0.2, 0) is 0 Å². The number of Topliss-reactive ketones (excluding diaryl/α,β-unsaturated/α-hetero) is 1. The first-order valence-electron chi connectivity index (χ1n) is 4.74. The topological polar surface area (TPSA) is 17.1 Å². The van der Waals surface area contributed by atoms with Gasteiger partial charge in [0.25, 0.3) is 0 Å². The van der Waals surface area contributed by atoms with Gasteiger partial charge in [-0.15, -0.1) is 6.58 Å². The monoisotopic (exact) mass is 286 g/mol. The smallest absolute Gasteiger partial charge is 0.164 e. The number of carbonyl (C=O) groups excluding carboxylic acids is 1. The number of hydrogen-bond donors (Lipinski definition) is 0. The van der Waals surface area contributed by atoms with Crippen LogP contribution < -0.4 is 0 Å². The average molecular weight is 288 g/mol. The molecule has 0 aliphatic carbocycles. The number of rotatable bonds is 5. The highest BCUT2D eigenvalue weighted by molar-refractivity contribution is 9.10. The SMILES string of the molecule is C=CCCCC(=O)c1cc(Br)ccc1Cl. The second kappa shape index (κ2) is 6.09. The van der Waals surface area contributed by atoms with Crippen LogP contribution in [0.2, 0.25) is 5.02 Å². The molecule has 1 nitrogen and oxygen atoms in total. The Morgan fingerprint density at radius 3 is 2.93 bits per heavy atom. The third kappa shape index (κ3) is 3.80. The van der Waals surface area contributed by atoms with E-state index in [0.29, 0.717) is 17.0 Å². The molecule has 1 aromatic carbocycles. The Bertz CT molecular complexity index is 374. The first-order chi connectivity index (χ1) is 7.15. The molecule has 0 radical (unpaired) electrons. The Morgan fingerprint density at radius 1 is 1.53 bits per heavy atom. The number of unbranched alkanes of at least 4 members (excludes halogenated alkanes) is 1. The summed E-state index contributed by atoms with van der Waals surface area (Å²) >= 11 is 9.26. The molecule has 0 aliphatic rings. The van der Waals surface area contributed by atoms with Gasteiger partial charge in [0.2, 0.25) is 0 Å². The number of allylic oxidation sites excluding steroid dienone is 1. The van der Waals surface area contributed by atoms with E-state index in [-0.39, 0.29) is 5.78 Å². The van der Waals surface area contributed by atoms with E-state index in [1.54, 1.807) is 12.1 Å². The predicted octanol–water partition coefficient (Wildman–Crippen LogP) is 4.64. The van der Waals surface area contributed by atoms with Gasteiger partial charge in [-0.3, -0.25) is 4.79 Å². The number of ketones is 1. The molecule has 0 unspecified atom stereocenters. The third-order valence-electron chi connectivity index (χ3n) is 2.04. The fourth-order valence-electron chi connectivity index (χ4n) is 1.25. The van der Waals surface area contributed by atoms with E-state index in [2.05, 4.69) is 22.5 Å². The largest absolute Gasteiger partial charge is 0.294 e. The maximum atomic E-state index is 11.8. The van der Waals surface area contributed by atoms with E-state index >= 15 is 0 Å². The van der Waals surface area contributed by atoms with Gasteiger partial charge in [-0.2, -0.15) is 0 Å². The summed E-state index contributed by atoms with van der Waals surface area (Å²) in [5.41, 5.74) is 0.593. The summed E-state index contributed by atoms with van der Waals surface area (Å²) in [6.07, 6.45) is 4.01. The summed E-state index contributed by atoms with van der Waals surface area (Å²) in [5, 5.41) is 0.516. The zero-order valence-electron chi connectivity index (χ0n) is 8.30. The van der Waals surface area contributed by atoms with Crippen molar-refractivity contribution in [2.24, 2.45) is 0 Å². The lowest BCUT2D eigenvalue weighted by atomic mass is 10.1. The van der Waals surface area contributed by atoms with Gasteiger partial charge in [0, 0.05) is 16.5 Å². The van der Waals surface area contributed by atoms with Crippen molar-refractivity contribution >= 4 is 33.3 Å². The molecular weight excluding hydrogens is 275 g/mol. The molecule has 0 heterocycles. The maximum absolute atomic E-state index is 11.8. The number of hydrogen-bond acceptors (Lipinski definition) is 1. The minimum absolute atomic E-state index is 0.0863. The highest BCUT2D eigenvalue weighted by Gasteiger charge is 2.09. The van der Waals surface area contributed by atoms with E-state index in [9.17, 15) is 4.79 Å². The molecule has 15 heavy (non-hydrogen) atoms. The summed E-state index contributed by atoms with van der Waals surface area (Å²) < 4.78 is 0.874. The van der Waals surface area contributed by atoms with Crippen molar-refractivity contribution in [1.29, 1.82) is 0 Å². The van der Waals surface area contributed by atoms with Crippen LogP contribution in [-0.4, -0.2) is 5.78 Å². The standard InChI is InChI=1S/C12H12BrClO/c1-2-3-4-5-12(15)10-8-9(13)6-7-11(10)14/h2,6-8H,1,3-5H2. The van der Waals surface area contributed by atoms with Crippen LogP contribution in [0.4, 0.5) is 0 Å². The Balaban J connectivity index is 2.72. The molecule has 0 fully saturated rings. The van der Waals surface area contributed by atoms with Gasteiger partial charge in [-0.05, 0) is 31.0 Å². The van der Waals surface area contributed by atoms with Crippen molar-refractivity contribution in [2.75, 3.05) is 0 Å². The first-order valence-corrected chi connectivity index (χ1v) is 5.91. The molecule has 80 valence electrons. The van der Waals surface area contributed by atoms with Gasteiger partial charge in [0.15, 0.2) is 5.78 Å².